The van der Waals surface area contributed by atoms with E-state index in [0.717, 1.165) is 19.3 Å². The number of nitrogens with one attached hydrogen (secondary N) is 1. The van der Waals surface area contributed by atoms with Gasteiger partial charge in [-0.1, -0.05) is 53.8 Å². The number of unbranched alkanes of at least 4 members (excludes halogenated alkanes) is 1. The van der Waals surface area contributed by atoms with Crippen LogP contribution in [0.2, 0.25) is 5.02 Å². The second kappa shape index (κ2) is 12.3. The van der Waals surface area contributed by atoms with Crippen molar-refractivity contribution in [3.63, 3.8) is 0 Å². The number of benzene rings is 3. The summed E-state index contributed by atoms with van der Waals surface area (Å²) < 4.78 is 10.9. The van der Waals surface area contributed by atoms with Gasteiger partial charge in [0, 0.05) is 12.0 Å². The summed E-state index contributed by atoms with van der Waals surface area (Å²) in [6, 6.07) is 18.0. The SMILES string of the molecule is COc1cc(/C=N/NC(=O)c2ccc(O)c(Cl)c2)cc(C#CCCCc2ccccc2)c1OC. The molecule has 7 heteroatoms. The smallest absolute Gasteiger partial charge is 0.271 e. The molecule has 3 aromatic carbocycles. The highest BCUT2D eigenvalue weighted by molar-refractivity contribution is 6.32. The number of phenols is 1. The van der Waals surface area contributed by atoms with Gasteiger partial charge in [0.1, 0.15) is 5.75 Å². The van der Waals surface area contributed by atoms with E-state index in [1.807, 2.05) is 24.3 Å². The van der Waals surface area contributed by atoms with Gasteiger partial charge in [0.15, 0.2) is 11.5 Å². The molecule has 34 heavy (non-hydrogen) atoms. The van der Waals surface area contributed by atoms with Gasteiger partial charge >= 0.3 is 0 Å². The Bertz CT molecular complexity index is 1230. The average molecular weight is 477 g/mol. The number of rotatable bonds is 8. The molecule has 0 radical (unpaired) electrons. The van der Waals surface area contributed by atoms with Gasteiger partial charge in [-0.05, 0) is 54.3 Å². The Morgan fingerprint density at radius 1 is 1.12 bits per heavy atom. The number of amides is 1. The van der Waals surface area contributed by atoms with Crippen molar-refractivity contribution < 1.29 is 19.4 Å². The molecule has 2 N–H and O–H groups in total. The van der Waals surface area contributed by atoms with Gasteiger partial charge in [-0.3, -0.25) is 4.79 Å². The van der Waals surface area contributed by atoms with Crippen LogP contribution in [0.5, 0.6) is 17.2 Å². The number of halogens is 1. The van der Waals surface area contributed by atoms with Gasteiger partial charge in [-0.25, -0.2) is 5.43 Å². The van der Waals surface area contributed by atoms with Gasteiger partial charge in [0.05, 0.1) is 31.0 Å². The third kappa shape index (κ3) is 6.77. The number of hydrazone groups is 1. The van der Waals surface area contributed by atoms with Crippen LogP contribution in [-0.4, -0.2) is 31.4 Å². The molecule has 0 spiro atoms. The maximum atomic E-state index is 12.3. The summed E-state index contributed by atoms with van der Waals surface area (Å²) in [6.45, 7) is 0. The zero-order chi connectivity index (χ0) is 24.3. The normalized spacial score (nSPS) is 10.4. The maximum absolute atomic E-state index is 12.3. The molecular weight excluding hydrogens is 452 g/mol. The molecule has 0 unspecified atom stereocenters. The van der Waals surface area contributed by atoms with E-state index in [4.69, 9.17) is 21.1 Å². The van der Waals surface area contributed by atoms with E-state index in [-0.39, 0.29) is 16.3 Å². The molecule has 0 aliphatic rings. The van der Waals surface area contributed by atoms with Crippen molar-refractivity contribution >= 4 is 23.7 Å². The lowest BCUT2D eigenvalue weighted by Gasteiger charge is -2.10. The van der Waals surface area contributed by atoms with Crippen LogP contribution in [0.25, 0.3) is 0 Å². The van der Waals surface area contributed by atoms with Crippen LogP contribution in [0.1, 0.15) is 39.9 Å². The number of hydrogen-bond acceptors (Lipinski definition) is 5. The molecule has 0 aromatic heterocycles. The number of phenolic OH excluding ortho intramolecular Hbond substituents is 1. The van der Waals surface area contributed by atoms with Crippen LogP contribution in [-0.2, 0) is 6.42 Å². The zero-order valence-corrected chi connectivity index (χ0v) is 19.7. The summed E-state index contributed by atoms with van der Waals surface area (Å²) in [7, 11) is 3.11. The number of nitrogens with zero attached hydrogens (tertiary/aromatic N) is 1. The van der Waals surface area contributed by atoms with Crippen molar-refractivity contribution in [2.24, 2.45) is 5.10 Å². The molecule has 0 bridgehead atoms. The Morgan fingerprint density at radius 2 is 1.91 bits per heavy atom. The molecule has 0 atom stereocenters. The topological polar surface area (TPSA) is 80.2 Å². The van der Waals surface area contributed by atoms with E-state index >= 15 is 0 Å². The number of ether oxygens (including phenoxy) is 2. The predicted octanol–water partition coefficient (Wildman–Crippen LogP) is 5.20. The Balaban J connectivity index is 1.70. The van der Waals surface area contributed by atoms with E-state index in [1.165, 1.54) is 30.0 Å². The number of carbonyl (C=O) groups excluding carboxylic acids is 1. The molecule has 0 saturated carbocycles. The zero-order valence-electron chi connectivity index (χ0n) is 19.0. The van der Waals surface area contributed by atoms with Gasteiger partial charge in [0.25, 0.3) is 5.91 Å². The minimum absolute atomic E-state index is 0.0866. The van der Waals surface area contributed by atoms with E-state index in [9.17, 15) is 9.90 Å². The molecule has 0 aliphatic carbocycles. The predicted molar refractivity (Wildman–Crippen MR) is 134 cm³/mol. The highest BCUT2D eigenvalue weighted by Crippen LogP contribution is 2.31. The molecule has 1 amide bonds. The molecule has 0 fully saturated rings. The molecule has 0 heterocycles. The van der Waals surface area contributed by atoms with Crippen molar-refractivity contribution in [1.29, 1.82) is 0 Å². The average Bonchev–Trinajstić information content (AvgIpc) is 2.85. The van der Waals surface area contributed by atoms with Gasteiger partial charge in [-0.2, -0.15) is 5.10 Å². The third-order valence-electron chi connectivity index (χ3n) is 4.92. The van der Waals surface area contributed by atoms with Crippen LogP contribution in [0.4, 0.5) is 0 Å². The first-order valence-corrected chi connectivity index (χ1v) is 11.0. The Labute approximate surface area is 204 Å². The van der Waals surface area contributed by atoms with Crippen molar-refractivity contribution in [2.45, 2.75) is 19.3 Å². The van der Waals surface area contributed by atoms with Crippen LogP contribution in [0.3, 0.4) is 0 Å². The lowest BCUT2D eigenvalue weighted by Crippen LogP contribution is -2.17. The molecule has 174 valence electrons. The second-order valence-electron chi connectivity index (χ2n) is 7.31. The minimum atomic E-state index is -0.461. The number of methoxy groups -OCH3 is 2. The number of carbonyl (C=O) groups is 1. The number of hydrogen-bond donors (Lipinski definition) is 2. The first-order chi connectivity index (χ1) is 16.5. The summed E-state index contributed by atoms with van der Waals surface area (Å²) in [5.41, 5.74) is 5.34. The van der Waals surface area contributed by atoms with Crippen molar-refractivity contribution in [3.8, 4) is 29.1 Å². The van der Waals surface area contributed by atoms with E-state index in [2.05, 4.69) is 34.5 Å². The summed E-state index contributed by atoms with van der Waals surface area (Å²) in [4.78, 5) is 12.3. The molecule has 0 aliphatic heterocycles. The number of aromatic hydroxyl groups is 1. The standard InChI is InChI=1S/C27H25ClN2O4/c1-33-25-16-20(18-29-30-27(32)22-13-14-24(31)23(28)17-22)15-21(26(25)34-2)12-8-4-7-11-19-9-5-3-6-10-19/h3,5-6,9-10,13-18,31H,4,7,11H2,1-2H3,(H,30,32)/b29-18+. The van der Waals surface area contributed by atoms with Crippen molar-refractivity contribution in [2.75, 3.05) is 14.2 Å². The molecule has 3 aromatic rings. The highest BCUT2D eigenvalue weighted by Gasteiger charge is 2.11. The van der Waals surface area contributed by atoms with Crippen LogP contribution >= 0.6 is 11.6 Å². The lowest BCUT2D eigenvalue weighted by molar-refractivity contribution is 0.0955. The fraction of sp³-hybridized carbons (Fsp3) is 0.185. The van der Waals surface area contributed by atoms with Gasteiger partial charge in [0.2, 0.25) is 0 Å². The Morgan fingerprint density at radius 3 is 2.62 bits per heavy atom. The van der Waals surface area contributed by atoms with E-state index < -0.39 is 5.91 Å². The fourth-order valence-electron chi connectivity index (χ4n) is 3.21. The van der Waals surface area contributed by atoms with Crippen LogP contribution < -0.4 is 14.9 Å². The molecular formula is C27H25ClN2O4. The fourth-order valence-corrected chi connectivity index (χ4v) is 3.40. The van der Waals surface area contributed by atoms with Gasteiger partial charge in [-0.15, -0.1) is 0 Å². The summed E-state index contributed by atoms with van der Waals surface area (Å²) in [5.74, 6) is 6.85. The minimum Gasteiger partial charge on any atom is -0.506 e. The first-order valence-electron chi connectivity index (χ1n) is 10.6. The quantitative estimate of drug-likeness (QED) is 0.203. The highest BCUT2D eigenvalue weighted by atomic mass is 35.5. The molecule has 3 rings (SSSR count). The summed E-state index contributed by atoms with van der Waals surface area (Å²) >= 11 is 5.85. The van der Waals surface area contributed by atoms with Crippen LogP contribution in [0, 0.1) is 11.8 Å². The van der Waals surface area contributed by atoms with Crippen molar-refractivity contribution in [1.82, 2.24) is 5.43 Å². The Hall–Kier alpha value is -3.95. The third-order valence-corrected chi connectivity index (χ3v) is 5.23. The van der Waals surface area contributed by atoms with Crippen molar-refractivity contribution in [3.05, 3.63) is 87.9 Å². The number of aryl methyl sites for hydroxylation is 1. The van der Waals surface area contributed by atoms with E-state index in [0.29, 0.717) is 22.6 Å². The lowest BCUT2D eigenvalue weighted by atomic mass is 10.1. The summed E-state index contributed by atoms with van der Waals surface area (Å²) in [5, 5.41) is 13.6. The molecule has 6 nitrogen and oxygen atoms in total. The largest absolute Gasteiger partial charge is 0.506 e. The monoisotopic (exact) mass is 476 g/mol. The van der Waals surface area contributed by atoms with Crippen LogP contribution in [0.15, 0.2) is 65.8 Å². The summed E-state index contributed by atoms with van der Waals surface area (Å²) in [6.07, 6.45) is 4.14. The first kappa shape index (κ1) is 24.7. The van der Waals surface area contributed by atoms with E-state index in [1.54, 1.807) is 20.3 Å². The van der Waals surface area contributed by atoms with Gasteiger partial charge < -0.3 is 14.6 Å². The second-order valence-corrected chi connectivity index (χ2v) is 7.72. The molecule has 0 saturated heterocycles. The Kier molecular flexibility index (Phi) is 8.96. The maximum Gasteiger partial charge on any atom is 0.271 e.